The highest BCUT2D eigenvalue weighted by molar-refractivity contribution is 8.01. The van der Waals surface area contributed by atoms with Crippen molar-refractivity contribution in [1.29, 1.82) is 0 Å². The summed E-state index contributed by atoms with van der Waals surface area (Å²) in [6.07, 6.45) is 0. The number of hydrogen-bond acceptors (Lipinski definition) is 6. The number of benzene rings is 1. The van der Waals surface area contributed by atoms with Crippen LogP contribution in [-0.2, 0) is 14.4 Å². The highest BCUT2D eigenvalue weighted by Gasteiger charge is 2.64. The number of fused-ring (bicyclic) bond motifs is 1. The van der Waals surface area contributed by atoms with E-state index in [0.717, 1.165) is 0 Å². The average Bonchev–Trinajstić information content (AvgIpc) is 2.86. The monoisotopic (exact) mass is 408 g/mol. The molecule has 150 valence electrons. The second kappa shape index (κ2) is 6.89. The van der Waals surface area contributed by atoms with Crippen LogP contribution in [0.25, 0.3) is 0 Å². The maximum Gasteiger partial charge on any atom is 0.327 e. The first-order valence-electron chi connectivity index (χ1n) is 8.41. The van der Waals surface area contributed by atoms with E-state index in [-0.39, 0.29) is 5.75 Å². The van der Waals surface area contributed by atoms with Crippen molar-refractivity contribution < 1.29 is 29.4 Å². The Kier molecular flexibility index (Phi) is 4.88. The Balaban J connectivity index is 1.78. The van der Waals surface area contributed by atoms with Crippen molar-refractivity contribution in [2.24, 2.45) is 5.73 Å². The number of urea groups is 1. The molecule has 2 heterocycles. The van der Waals surface area contributed by atoms with E-state index in [0.29, 0.717) is 5.56 Å². The molecule has 0 radical (unpaired) electrons. The van der Waals surface area contributed by atoms with Crippen LogP contribution in [0, 0.1) is 0 Å². The molecule has 0 saturated carbocycles. The van der Waals surface area contributed by atoms with Crippen LogP contribution in [0.4, 0.5) is 4.79 Å². The molecule has 10 nitrogen and oxygen atoms in total. The fourth-order valence-corrected chi connectivity index (χ4v) is 5.12. The number of nitrogens with one attached hydrogen (secondary N) is 2. The Morgan fingerprint density at radius 2 is 1.86 bits per heavy atom. The van der Waals surface area contributed by atoms with Crippen LogP contribution in [0.5, 0.6) is 5.75 Å². The summed E-state index contributed by atoms with van der Waals surface area (Å²) in [7, 11) is 0. The number of thioether (sulfide) groups is 1. The van der Waals surface area contributed by atoms with Crippen LogP contribution in [0.15, 0.2) is 24.3 Å². The number of primary amides is 1. The predicted octanol–water partition coefficient (Wildman–Crippen LogP) is -0.267. The summed E-state index contributed by atoms with van der Waals surface area (Å²) in [4.78, 5) is 49.4. The molecule has 0 spiro atoms. The van der Waals surface area contributed by atoms with E-state index in [1.54, 1.807) is 13.8 Å². The van der Waals surface area contributed by atoms with Gasteiger partial charge in [0.15, 0.2) is 0 Å². The van der Waals surface area contributed by atoms with E-state index in [1.807, 2.05) is 0 Å². The normalized spacial score (nSPS) is 26.0. The Morgan fingerprint density at radius 3 is 2.39 bits per heavy atom. The van der Waals surface area contributed by atoms with Gasteiger partial charge in [-0.2, -0.15) is 0 Å². The zero-order valence-corrected chi connectivity index (χ0v) is 15.9. The number of hydrogen-bond donors (Lipinski definition) is 5. The lowest BCUT2D eigenvalue weighted by Crippen LogP contribution is -2.71. The SMILES string of the molecule is CC1(C)S[C@@H]2[C@H](NC(=O)C(NC(N)=O)c3ccc(O)cc3)C(=O)N2[C@H]1C(=O)O. The van der Waals surface area contributed by atoms with Gasteiger partial charge in [0.05, 0.1) is 0 Å². The molecule has 0 bridgehead atoms. The molecule has 0 aromatic heterocycles. The number of nitrogens with zero attached hydrogens (tertiary/aromatic N) is 1. The fraction of sp³-hybridized carbons (Fsp3) is 0.412. The minimum absolute atomic E-state index is 0.0175. The van der Waals surface area contributed by atoms with Crippen molar-refractivity contribution in [3.8, 4) is 5.75 Å². The zero-order valence-electron chi connectivity index (χ0n) is 15.1. The quantitative estimate of drug-likeness (QED) is 0.419. The number of amides is 4. The van der Waals surface area contributed by atoms with E-state index in [2.05, 4.69) is 10.6 Å². The van der Waals surface area contributed by atoms with Crippen molar-refractivity contribution in [1.82, 2.24) is 15.5 Å². The van der Waals surface area contributed by atoms with E-state index < -0.39 is 52.1 Å². The number of rotatable bonds is 5. The maximum atomic E-state index is 12.7. The maximum absolute atomic E-state index is 12.7. The number of β-lactam (4-membered cyclic amide) rings is 1. The molecular formula is C17H20N4O6S. The number of carbonyl (C=O) groups excluding carboxylic acids is 3. The molecule has 2 aliphatic rings. The smallest absolute Gasteiger partial charge is 0.327 e. The van der Waals surface area contributed by atoms with Gasteiger partial charge in [-0.15, -0.1) is 11.8 Å². The van der Waals surface area contributed by atoms with Crippen LogP contribution in [0.3, 0.4) is 0 Å². The van der Waals surface area contributed by atoms with Crippen molar-refractivity contribution >= 4 is 35.6 Å². The van der Waals surface area contributed by atoms with Gasteiger partial charge >= 0.3 is 12.0 Å². The molecule has 0 aliphatic carbocycles. The lowest BCUT2D eigenvalue weighted by molar-refractivity contribution is -0.161. The van der Waals surface area contributed by atoms with Crippen molar-refractivity contribution in [2.75, 3.05) is 0 Å². The number of carboxylic acids is 1. The number of aliphatic carboxylic acids is 1. The van der Waals surface area contributed by atoms with Gasteiger partial charge in [0.1, 0.15) is 29.2 Å². The molecule has 1 unspecified atom stereocenters. The molecule has 2 fully saturated rings. The number of aromatic hydroxyl groups is 1. The minimum Gasteiger partial charge on any atom is -0.508 e. The summed E-state index contributed by atoms with van der Waals surface area (Å²) in [5.41, 5.74) is 5.51. The molecule has 6 N–H and O–H groups in total. The van der Waals surface area contributed by atoms with E-state index in [4.69, 9.17) is 5.73 Å². The number of phenols is 1. The predicted molar refractivity (Wildman–Crippen MR) is 99.2 cm³/mol. The van der Waals surface area contributed by atoms with Crippen LogP contribution in [0.2, 0.25) is 0 Å². The Hall–Kier alpha value is -2.95. The highest BCUT2D eigenvalue weighted by Crippen LogP contribution is 2.50. The van der Waals surface area contributed by atoms with Gasteiger partial charge in [0.25, 0.3) is 0 Å². The van der Waals surface area contributed by atoms with E-state index >= 15 is 0 Å². The molecule has 3 rings (SSSR count). The standard InChI is InChI=1S/C17H20N4O6S/c1-17(2)11(15(25)26)21-13(24)10(14(21)28-17)19-12(23)9(20-16(18)27)7-3-5-8(22)6-4-7/h3-6,9-11,14,22H,1-2H3,(H,19,23)(H,25,26)(H3,18,20,27)/t9?,10-,11+,14-/m1/s1. The van der Waals surface area contributed by atoms with Crippen molar-refractivity contribution in [3.63, 3.8) is 0 Å². The molecule has 2 saturated heterocycles. The third-order valence-corrected chi connectivity index (χ3v) is 6.32. The Labute approximate surface area is 164 Å². The van der Waals surface area contributed by atoms with Gasteiger partial charge in [-0.05, 0) is 31.5 Å². The first-order valence-corrected chi connectivity index (χ1v) is 9.29. The molecule has 4 amide bonds. The molecule has 11 heteroatoms. The Bertz CT molecular complexity index is 843. The molecule has 1 aromatic carbocycles. The lowest BCUT2D eigenvalue weighted by atomic mass is 9.95. The van der Waals surface area contributed by atoms with Gasteiger partial charge in [0, 0.05) is 4.75 Å². The molecular weight excluding hydrogens is 388 g/mol. The van der Waals surface area contributed by atoms with Gasteiger partial charge in [0.2, 0.25) is 11.8 Å². The van der Waals surface area contributed by atoms with Crippen molar-refractivity contribution in [2.45, 2.75) is 42.1 Å². The van der Waals surface area contributed by atoms with Gasteiger partial charge in [-0.25, -0.2) is 9.59 Å². The average molecular weight is 408 g/mol. The zero-order chi connectivity index (χ0) is 20.8. The summed E-state index contributed by atoms with van der Waals surface area (Å²) >= 11 is 1.30. The van der Waals surface area contributed by atoms with Crippen molar-refractivity contribution in [3.05, 3.63) is 29.8 Å². The number of phenolic OH excluding ortho intramolecular Hbond substituents is 1. The summed E-state index contributed by atoms with van der Waals surface area (Å²) in [5.74, 6) is -2.28. The highest BCUT2D eigenvalue weighted by atomic mass is 32.2. The number of carboxylic acid groups (broad SMARTS) is 1. The summed E-state index contributed by atoms with van der Waals surface area (Å²) < 4.78 is -0.715. The Morgan fingerprint density at radius 1 is 1.25 bits per heavy atom. The first kappa shape index (κ1) is 19.8. The number of carbonyl (C=O) groups is 4. The largest absolute Gasteiger partial charge is 0.508 e. The van der Waals surface area contributed by atoms with Gasteiger partial charge in [-0.1, -0.05) is 12.1 Å². The topological polar surface area (TPSA) is 162 Å². The first-order chi connectivity index (χ1) is 13.0. The second-order valence-corrected chi connectivity index (χ2v) is 8.89. The van der Waals surface area contributed by atoms with Crippen LogP contribution in [0.1, 0.15) is 25.5 Å². The van der Waals surface area contributed by atoms with E-state index in [1.165, 1.54) is 40.9 Å². The third kappa shape index (κ3) is 3.33. The molecule has 1 aromatic rings. The summed E-state index contributed by atoms with van der Waals surface area (Å²) in [6, 6.07) is 1.58. The summed E-state index contributed by atoms with van der Waals surface area (Å²) in [5, 5.41) is 23.2. The number of nitrogens with two attached hydrogens (primary N) is 1. The fourth-order valence-electron chi connectivity index (χ4n) is 3.49. The van der Waals surface area contributed by atoms with Gasteiger partial charge in [-0.3, -0.25) is 9.59 Å². The van der Waals surface area contributed by atoms with Gasteiger partial charge < -0.3 is 31.5 Å². The van der Waals surface area contributed by atoms with Crippen LogP contribution in [-0.4, -0.2) is 61.1 Å². The summed E-state index contributed by atoms with van der Waals surface area (Å²) in [6.45, 7) is 3.46. The van der Waals surface area contributed by atoms with E-state index in [9.17, 15) is 29.4 Å². The molecule has 28 heavy (non-hydrogen) atoms. The molecule has 2 aliphatic heterocycles. The minimum atomic E-state index is -1.17. The second-order valence-electron chi connectivity index (χ2n) is 7.12. The van der Waals surface area contributed by atoms with Crippen LogP contribution >= 0.6 is 11.8 Å². The lowest BCUT2D eigenvalue weighted by Gasteiger charge is -2.43. The van der Waals surface area contributed by atoms with Crippen LogP contribution < -0.4 is 16.4 Å². The molecule has 4 atom stereocenters. The third-order valence-electron chi connectivity index (χ3n) is 4.75.